The molecule has 1 aliphatic carbocycles. The van der Waals surface area contributed by atoms with Crippen molar-refractivity contribution < 1.29 is 0 Å². The lowest BCUT2D eigenvalue weighted by atomic mass is 9.85. The maximum atomic E-state index is 2.44. The lowest BCUT2D eigenvalue weighted by Gasteiger charge is -2.20. The highest BCUT2D eigenvalue weighted by Gasteiger charge is 2.21. The summed E-state index contributed by atoms with van der Waals surface area (Å²) < 4.78 is 0. The molecule has 0 aromatic carbocycles. The van der Waals surface area contributed by atoms with E-state index in [2.05, 4.69) is 40.2 Å². The standard InChI is InChI=1S/C11H19/c1-9-5-7-11(3,4)8-6-10(9)2/h5-6,9H,7-8H2,1-4H3. The molecule has 0 nitrogen and oxygen atoms in total. The van der Waals surface area contributed by atoms with Crippen LogP contribution >= 0.6 is 0 Å². The van der Waals surface area contributed by atoms with Crippen LogP contribution < -0.4 is 0 Å². The van der Waals surface area contributed by atoms with Crippen molar-refractivity contribution >= 4 is 0 Å². The highest BCUT2D eigenvalue weighted by molar-refractivity contribution is 5.11. The highest BCUT2D eigenvalue weighted by atomic mass is 14.3. The maximum absolute atomic E-state index is 2.44. The van der Waals surface area contributed by atoms with E-state index in [0.29, 0.717) is 11.3 Å². The molecule has 0 aromatic heterocycles. The fraction of sp³-hybridized carbons (Fsp3) is 0.727. The van der Waals surface area contributed by atoms with Crippen molar-refractivity contribution in [3.8, 4) is 0 Å². The van der Waals surface area contributed by atoms with Crippen molar-refractivity contribution in [1.82, 2.24) is 0 Å². The van der Waals surface area contributed by atoms with E-state index in [0.717, 1.165) is 0 Å². The van der Waals surface area contributed by atoms with Crippen molar-refractivity contribution in [1.29, 1.82) is 0 Å². The Kier molecular flexibility index (Phi) is 2.41. The summed E-state index contributed by atoms with van der Waals surface area (Å²) in [4.78, 5) is 0. The summed E-state index contributed by atoms with van der Waals surface area (Å²) in [6, 6.07) is 0. The summed E-state index contributed by atoms with van der Waals surface area (Å²) in [5.41, 5.74) is 2.03. The fourth-order valence-corrected chi connectivity index (χ4v) is 1.39. The number of hydrogen-bond donors (Lipinski definition) is 0. The van der Waals surface area contributed by atoms with Gasteiger partial charge in [-0.05, 0) is 37.5 Å². The molecule has 1 radical (unpaired) electrons. The molecule has 0 amide bonds. The minimum atomic E-state index is 0.492. The van der Waals surface area contributed by atoms with Crippen LogP contribution in [0, 0.1) is 17.8 Å². The van der Waals surface area contributed by atoms with Gasteiger partial charge in [-0.3, -0.25) is 0 Å². The van der Waals surface area contributed by atoms with Crippen LogP contribution in [-0.2, 0) is 0 Å². The van der Waals surface area contributed by atoms with Gasteiger partial charge >= 0.3 is 0 Å². The van der Waals surface area contributed by atoms with E-state index in [1.165, 1.54) is 18.4 Å². The Hall–Kier alpha value is -0.260. The van der Waals surface area contributed by atoms with Crippen LogP contribution in [0.25, 0.3) is 0 Å². The van der Waals surface area contributed by atoms with E-state index in [4.69, 9.17) is 0 Å². The van der Waals surface area contributed by atoms with Gasteiger partial charge in [-0.1, -0.05) is 32.4 Å². The first kappa shape index (κ1) is 8.83. The van der Waals surface area contributed by atoms with Crippen LogP contribution in [0.3, 0.4) is 0 Å². The van der Waals surface area contributed by atoms with E-state index >= 15 is 0 Å². The molecule has 0 fully saturated rings. The third kappa shape index (κ3) is 2.36. The predicted molar refractivity (Wildman–Crippen MR) is 50.2 cm³/mol. The Morgan fingerprint density at radius 3 is 2.64 bits per heavy atom. The number of rotatable bonds is 0. The van der Waals surface area contributed by atoms with Crippen LogP contribution in [0.2, 0.25) is 0 Å². The van der Waals surface area contributed by atoms with Gasteiger partial charge in [0.05, 0.1) is 0 Å². The maximum Gasteiger partial charge on any atom is -0.0203 e. The zero-order valence-corrected chi connectivity index (χ0v) is 8.15. The first-order valence-corrected chi connectivity index (χ1v) is 4.51. The quantitative estimate of drug-likeness (QED) is 0.464. The minimum Gasteiger partial charge on any atom is -0.0848 e. The van der Waals surface area contributed by atoms with Gasteiger partial charge in [0.15, 0.2) is 0 Å². The fourth-order valence-electron chi connectivity index (χ4n) is 1.39. The third-order valence-corrected chi connectivity index (χ3v) is 2.72. The Morgan fingerprint density at radius 1 is 1.36 bits per heavy atom. The molecule has 1 rings (SSSR count). The van der Waals surface area contributed by atoms with Gasteiger partial charge in [-0.15, -0.1) is 0 Å². The molecule has 0 N–H and O–H groups in total. The van der Waals surface area contributed by atoms with Crippen LogP contribution in [0.1, 0.15) is 40.5 Å². The Morgan fingerprint density at radius 2 is 2.00 bits per heavy atom. The highest BCUT2D eigenvalue weighted by Crippen LogP contribution is 2.34. The van der Waals surface area contributed by atoms with E-state index in [1.807, 2.05) is 0 Å². The van der Waals surface area contributed by atoms with Crippen molar-refractivity contribution in [3.63, 3.8) is 0 Å². The smallest absolute Gasteiger partial charge is 0.0203 e. The van der Waals surface area contributed by atoms with Crippen LogP contribution in [0.15, 0.2) is 11.6 Å². The molecule has 0 aliphatic heterocycles. The van der Waals surface area contributed by atoms with E-state index < -0.39 is 0 Å². The molecule has 0 bridgehead atoms. The van der Waals surface area contributed by atoms with E-state index in [1.54, 1.807) is 0 Å². The zero-order valence-electron chi connectivity index (χ0n) is 8.15. The van der Waals surface area contributed by atoms with Gasteiger partial charge in [0.25, 0.3) is 0 Å². The predicted octanol–water partition coefficient (Wildman–Crippen LogP) is 3.59. The number of allylic oxidation sites excluding steroid dienone is 2. The molecule has 63 valence electrons. The van der Waals surface area contributed by atoms with Gasteiger partial charge in [0.1, 0.15) is 0 Å². The second-order valence-electron chi connectivity index (χ2n) is 4.54. The van der Waals surface area contributed by atoms with Gasteiger partial charge in [0, 0.05) is 0 Å². The average Bonchev–Trinajstić information content (AvgIpc) is 2.03. The largest absolute Gasteiger partial charge is 0.0848 e. The van der Waals surface area contributed by atoms with Crippen LogP contribution in [-0.4, -0.2) is 0 Å². The summed E-state index contributed by atoms with van der Waals surface area (Å²) in [5, 5.41) is 0. The third-order valence-electron chi connectivity index (χ3n) is 2.72. The van der Waals surface area contributed by atoms with Gasteiger partial charge in [0.2, 0.25) is 0 Å². The van der Waals surface area contributed by atoms with Gasteiger partial charge in [-0.25, -0.2) is 0 Å². The summed E-state index contributed by atoms with van der Waals surface area (Å²) in [7, 11) is 0. The van der Waals surface area contributed by atoms with Gasteiger partial charge < -0.3 is 0 Å². The second-order valence-corrected chi connectivity index (χ2v) is 4.54. The Bertz CT molecular complexity index is 163. The van der Waals surface area contributed by atoms with Crippen LogP contribution in [0.4, 0.5) is 0 Å². The molecule has 0 spiro atoms. The van der Waals surface area contributed by atoms with E-state index in [9.17, 15) is 0 Å². The van der Waals surface area contributed by atoms with Crippen molar-refractivity contribution in [2.45, 2.75) is 40.5 Å². The van der Waals surface area contributed by atoms with Crippen LogP contribution in [0.5, 0.6) is 0 Å². The van der Waals surface area contributed by atoms with E-state index in [-0.39, 0.29) is 0 Å². The molecule has 11 heavy (non-hydrogen) atoms. The molecule has 0 heteroatoms. The molecule has 1 unspecified atom stereocenters. The molecule has 0 saturated heterocycles. The summed E-state index contributed by atoms with van der Waals surface area (Å²) >= 11 is 0. The normalized spacial score (nSPS) is 30.9. The second kappa shape index (κ2) is 3.00. The monoisotopic (exact) mass is 151 g/mol. The lowest BCUT2D eigenvalue weighted by molar-refractivity contribution is 0.363. The SMILES string of the molecule is CC1=CCC(C)(C)C[CH]C1C. The molecule has 0 saturated carbocycles. The Labute approximate surface area is 70.7 Å². The molecular weight excluding hydrogens is 132 g/mol. The van der Waals surface area contributed by atoms with Crippen molar-refractivity contribution in [3.05, 3.63) is 18.1 Å². The first-order chi connectivity index (χ1) is 5.01. The van der Waals surface area contributed by atoms with Gasteiger partial charge in [-0.2, -0.15) is 0 Å². The average molecular weight is 151 g/mol. The summed E-state index contributed by atoms with van der Waals surface area (Å²) in [6.07, 6.45) is 7.33. The zero-order chi connectivity index (χ0) is 8.48. The molecular formula is C11H19. The topological polar surface area (TPSA) is 0 Å². The first-order valence-electron chi connectivity index (χ1n) is 4.51. The molecule has 0 heterocycles. The molecule has 0 aromatic rings. The summed E-state index contributed by atoms with van der Waals surface area (Å²) in [5.74, 6) is 0.691. The number of hydrogen-bond acceptors (Lipinski definition) is 0. The molecule has 1 atom stereocenters. The minimum absolute atomic E-state index is 0.492. The molecule has 1 aliphatic rings. The van der Waals surface area contributed by atoms with Crippen molar-refractivity contribution in [2.75, 3.05) is 0 Å². The van der Waals surface area contributed by atoms with Crippen molar-refractivity contribution in [2.24, 2.45) is 11.3 Å². The Balaban J connectivity index is 2.67. The summed E-state index contributed by atoms with van der Waals surface area (Å²) in [6.45, 7) is 9.20. The lowest BCUT2D eigenvalue weighted by Crippen LogP contribution is -2.09.